The third kappa shape index (κ3) is 8.33. The van der Waals surface area contributed by atoms with Crippen molar-refractivity contribution in [2.45, 2.75) is 44.8 Å². The number of para-hydroxylation sites is 1. The fourth-order valence-electron chi connectivity index (χ4n) is 2.80. The van der Waals surface area contributed by atoms with Crippen molar-refractivity contribution in [3.8, 4) is 5.75 Å². The fourth-order valence-corrected chi connectivity index (χ4v) is 2.80. The number of ether oxygens (including phenoxy) is 2. The van der Waals surface area contributed by atoms with Gasteiger partial charge in [0.25, 0.3) is 5.91 Å². The average Bonchev–Trinajstić information content (AvgIpc) is 2.76. The molecule has 7 heteroatoms. The molecule has 1 atom stereocenters. The Morgan fingerprint density at radius 2 is 1.72 bits per heavy atom. The molecule has 2 aromatic carbocycles. The van der Waals surface area contributed by atoms with Gasteiger partial charge in [0.2, 0.25) is 5.91 Å². The number of hydroxylamine groups is 1. The molecule has 0 saturated carbocycles. The van der Waals surface area contributed by atoms with Gasteiger partial charge in [-0.2, -0.15) is 0 Å². The Balaban J connectivity index is 1.90. The average molecular weight is 400 g/mol. The van der Waals surface area contributed by atoms with Crippen molar-refractivity contribution in [1.29, 1.82) is 0 Å². The van der Waals surface area contributed by atoms with E-state index in [1.54, 1.807) is 12.6 Å². The van der Waals surface area contributed by atoms with Crippen LogP contribution in [0.25, 0.3) is 0 Å². The Labute approximate surface area is 171 Å². The van der Waals surface area contributed by atoms with Crippen LogP contribution in [0.5, 0.6) is 5.75 Å². The second-order valence-electron chi connectivity index (χ2n) is 6.64. The van der Waals surface area contributed by atoms with Crippen LogP contribution in [0.4, 0.5) is 5.69 Å². The Hall–Kier alpha value is -2.90. The maximum Gasteiger partial charge on any atom is 0.253 e. The van der Waals surface area contributed by atoms with E-state index >= 15 is 0 Å². The normalized spacial score (nSPS) is 11.5. The van der Waals surface area contributed by atoms with Gasteiger partial charge in [0, 0.05) is 12.1 Å². The first kappa shape index (κ1) is 22.4. The van der Waals surface area contributed by atoms with Gasteiger partial charge in [-0.15, -0.1) is 0 Å². The number of hydrogen-bond donors (Lipinski definition) is 3. The number of amides is 2. The molecule has 0 radical (unpaired) electrons. The minimum Gasteiger partial charge on any atom is -0.497 e. The van der Waals surface area contributed by atoms with Crippen LogP contribution < -0.4 is 15.5 Å². The standard InChI is InChI=1S/C22H28N2O5/c1-28-19-14-12-17(13-15-19)16-29-20(10-6-3-7-11-21(25)24-27)22(26)23-18-8-4-2-5-9-18/h2,4-5,8-9,12-15,20,27H,3,6-7,10-11,16H2,1H3,(H,23,26)(H,24,25)/t20-/m0/s1. The molecule has 2 aromatic rings. The zero-order chi connectivity index (χ0) is 20.9. The van der Waals surface area contributed by atoms with Crippen molar-refractivity contribution >= 4 is 17.5 Å². The summed E-state index contributed by atoms with van der Waals surface area (Å²) in [6, 6.07) is 16.8. The maximum absolute atomic E-state index is 12.7. The third-order valence-electron chi connectivity index (χ3n) is 4.44. The van der Waals surface area contributed by atoms with E-state index in [1.165, 1.54) is 0 Å². The number of carbonyl (C=O) groups is 2. The van der Waals surface area contributed by atoms with Crippen molar-refractivity contribution in [3.05, 3.63) is 60.2 Å². The number of hydrogen-bond acceptors (Lipinski definition) is 5. The second kappa shape index (κ2) is 12.5. The first-order valence-corrected chi connectivity index (χ1v) is 9.65. The molecule has 156 valence electrons. The smallest absolute Gasteiger partial charge is 0.253 e. The van der Waals surface area contributed by atoms with Gasteiger partial charge in [0.15, 0.2) is 0 Å². The SMILES string of the molecule is COc1ccc(CO[C@@H](CCCCCC(=O)NO)C(=O)Nc2ccccc2)cc1. The van der Waals surface area contributed by atoms with Crippen LogP contribution in [0.2, 0.25) is 0 Å². The van der Waals surface area contributed by atoms with Gasteiger partial charge in [0.1, 0.15) is 11.9 Å². The summed E-state index contributed by atoms with van der Waals surface area (Å²) in [4.78, 5) is 23.8. The highest BCUT2D eigenvalue weighted by Crippen LogP contribution is 2.16. The lowest BCUT2D eigenvalue weighted by molar-refractivity contribution is -0.130. The molecule has 3 N–H and O–H groups in total. The Morgan fingerprint density at radius 1 is 1.00 bits per heavy atom. The van der Waals surface area contributed by atoms with Crippen molar-refractivity contribution in [3.63, 3.8) is 0 Å². The van der Waals surface area contributed by atoms with Crippen molar-refractivity contribution in [2.75, 3.05) is 12.4 Å². The maximum atomic E-state index is 12.7. The molecule has 0 unspecified atom stereocenters. The Morgan fingerprint density at radius 3 is 2.38 bits per heavy atom. The lowest BCUT2D eigenvalue weighted by atomic mass is 10.1. The molecule has 7 nitrogen and oxygen atoms in total. The van der Waals surface area contributed by atoms with Gasteiger partial charge in [-0.25, -0.2) is 5.48 Å². The summed E-state index contributed by atoms with van der Waals surface area (Å²) in [6.07, 6.45) is 2.31. The van der Waals surface area contributed by atoms with Crippen LogP contribution in [-0.4, -0.2) is 30.2 Å². The van der Waals surface area contributed by atoms with Crippen LogP contribution in [0.3, 0.4) is 0 Å². The van der Waals surface area contributed by atoms with E-state index in [0.29, 0.717) is 19.4 Å². The minimum absolute atomic E-state index is 0.196. The summed E-state index contributed by atoms with van der Waals surface area (Å²) >= 11 is 0. The minimum atomic E-state index is -0.607. The molecule has 2 amide bonds. The zero-order valence-electron chi connectivity index (χ0n) is 16.6. The predicted molar refractivity (Wildman–Crippen MR) is 110 cm³/mol. The van der Waals surface area contributed by atoms with Gasteiger partial charge in [-0.3, -0.25) is 14.8 Å². The molecular weight excluding hydrogens is 372 g/mol. The van der Waals surface area contributed by atoms with E-state index in [-0.39, 0.29) is 12.3 Å². The number of unbranched alkanes of at least 4 members (excludes halogenated alkanes) is 2. The van der Waals surface area contributed by atoms with Gasteiger partial charge in [0.05, 0.1) is 13.7 Å². The van der Waals surface area contributed by atoms with E-state index in [1.807, 2.05) is 54.6 Å². The summed E-state index contributed by atoms with van der Waals surface area (Å²) < 4.78 is 11.1. The lowest BCUT2D eigenvalue weighted by Crippen LogP contribution is -2.30. The largest absolute Gasteiger partial charge is 0.497 e. The number of nitrogens with one attached hydrogen (secondary N) is 2. The zero-order valence-corrected chi connectivity index (χ0v) is 16.6. The van der Waals surface area contributed by atoms with Crippen molar-refractivity contribution in [1.82, 2.24) is 5.48 Å². The molecular formula is C22H28N2O5. The number of benzene rings is 2. The highest BCUT2D eigenvalue weighted by Gasteiger charge is 2.19. The molecule has 0 bridgehead atoms. The number of rotatable bonds is 12. The summed E-state index contributed by atoms with van der Waals surface area (Å²) in [6.45, 7) is 0.309. The third-order valence-corrected chi connectivity index (χ3v) is 4.44. The highest BCUT2D eigenvalue weighted by molar-refractivity contribution is 5.94. The molecule has 2 rings (SSSR count). The van der Waals surface area contributed by atoms with Gasteiger partial charge >= 0.3 is 0 Å². The molecule has 0 aliphatic rings. The van der Waals surface area contributed by atoms with Gasteiger partial charge in [-0.05, 0) is 42.7 Å². The topological polar surface area (TPSA) is 96.9 Å². The fraction of sp³-hybridized carbons (Fsp3) is 0.364. The molecule has 0 spiro atoms. The molecule has 29 heavy (non-hydrogen) atoms. The van der Waals surface area contributed by atoms with Crippen LogP contribution in [0.15, 0.2) is 54.6 Å². The summed E-state index contributed by atoms with van der Waals surface area (Å²) in [5.41, 5.74) is 3.29. The van der Waals surface area contributed by atoms with Crippen LogP contribution in [-0.2, 0) is 20.9 Å². The van der Waals surface area contributed by atoms with Gasteiger partial charge in [-0.1, -0.05) is 43.2 Å². The first-order valence-electron chi connectivity index (χ1n) is 9.65. The Kier molecular flexibility index (Phi) is 9.68. The molecule has 0 fully saturated rings. The van der Waals surface area contributed by atoms with E-state index in [4.69, 9.17) is 14.7 Å². The monoisotopic (exact) mass is 400 g/mol. The predicted octanol–water partition coefficient (Wildman–Crippen LogP) is 3.68. The number of methoxy groups -OCH3 is 1. The summed E-state index contributed by atoms with van der Waals surface area (Å²) in [5, 5.41) is 11.4. The quantitative estimate of drug-likeness (QED) is 0.287. The van der Waals surface area contributed by atoms with Crippen molar-refractivity contribution < 1.29 is 24.3 Å². The van der Waals surface area contributed by atoms with E-state index in [2.05, 4.69) is 5.32 Å². The van der Waals surface area contributed by atoms with E-state index in [9.17, 15) is 9.59 Å². The molecule has 0 aromatic heterocycles. The second-order valence-corrected chi connectivity index (χ2v) is 6.64. The molecule has 0 heterocycles. The van der Waals surface area contributed by atoms with Crippen LogP contribution in [0.1, 0.15) is 37.7 Å². The van der Waals surface area contributed by atoms with Crippen molar-refractivity contribution in [2.24, 2.45) is 0 Å². The number of anilines is 1. The molecule has 0 saturated heterocycles. The van der Waals surface area contributed by atoms with Crippen LogP contribution in [0, 0.1) is 0 Å². The van der Waals surface area contributed by atoms with Crippen LogP contribution >= 0.6 is 0 Å². The van der Waals surface area contributed by atoms with Gasteiger partial charge < -0.3 is 14.8 Å². The summed E-state index contributed by atoms with van der Waals surface area (Å²) in [7, 11) is 1.61. The number of carbonyl (C=O) groups excluding carboxylic acids is 2. The lowest BCUT2D eigenvalue weighted by Gasteiger charge is -2.18. The molecule has 0 aliphatic carbocycles. The Bertz CT molecular complexity index is 750. The van der Waals surface area contributed by atoms with E-state index in [0.717, 1.165) is 29.8 Å². The molecule has 0 aliphatic heterocycles. The highest BCUT2D eigenvalue weighted by atomic mass is 16.5. The van der Waals surface area contributed by atoms with E-state index < -0.39 is 12.0 Å². The summed E-state index contributed by atoms with van der Waals surface area (Å²) in [5.74, 6) is 0.163. The first-order chi connectivity index (χ1) is 14.1.